The van der Waals surface area contributed by atoms with Crippen molar-refractivity contribution in [2.45, 2.75) is 6.92 Å². The summed E-state index contributed by atoms with van der Waals surface area (Å²) in [5.74, 6) is 1.13. The van der Waals surface area contributed by atoms with E-state index in [2.05, 4.69) is 0 Å². The van der Waals surface area contributed by atoms with Crippen molar-refractivity contribution in [3.63, 3.8) is 0 Å². The molecule has 0 bridgehead atoms. The smallest absolute Gasteiger partial charge is 0.170 e. The van der Waals surface area contributed by atoms with Gasteiger partial charge in [0.25, 0.3) is 0 Å². The average Bonchev–Trinajstić information content (AvgIpc) is 2.43. The van der Waals surface area contributed by atoms with Crippen molar-refractivity contribution in [2.24, 2.45) is 11.7 Å². The summed E-state index contributed by atoms with van der Waals surface area (Å²) in [4.78, 5) is 12.2. The Balaban J connectivity index is 3.29. The standard InChI is InChI=1S/C13H19NO4/c1-8(7-14)13(15)9-5-11(17-3)12(18-4)6-10(9)16-2/h5-6,8H,7,14H2,1-4H3. The Labute approximate surface area is 107 Å². The number of benzene rings is 1. The van der Waals surface area contributed by atoms with Crippen LogP contribution in [0.1, 0.15) is 17.3 Å². The summed E-state index contributed by atoms with van der Waals surface area (Å²) in [6.45, 7) is 2.06. The molecule has 5 nitrogen and oxygen atoms in total. The molecular weight excluding hydrogens is 234 g/mol. The molecule has 0 aliphatic carbocycles. The molecule has 18 heavy (non-hydrogen) atoms. The molecule has 1 aromatic rings. The fourth-order valence-electron chi connectivity index (χ4n) is 1.59. The van der Waals surface area contributed by atoms with Crippen LogP contribution in [-0.2, 0) is 0 Å². The Morgan fingerprint density at radius 2 is 1.61 bits per heavy atom. The van der Waals surface area contributed by atoms with Crippen LogP contribution in [0.25, 0.3) is 0 Å². The molecule has 0 heterocycles. The maximum atomic E-state index is 12.2. The van der Waals surface area contributed by atoms with Gasteiger partial charge in [0.15, 0.2) is 17.3 Å². The van der Waals surface area contributed by atoms with Gasteiger partial charge in [-0.15, -0.1) is 0 Å². The number of hydrogen-bond donors (Lipinski definition) is 1. The Kier molecular flexibility index (Phi) is 4.97. The molecule has 0 aliphatic rings. The zero-order chi connectivity index (χ0) is 13.7. The molecule has 100 valence electrons. The number of ketones is 1. The van der Waals surface area contributed by atoms with Gasteiger partial charge in [0, 0.05) is 18.5 Å². The summed E-state index contributed by atoms with van der Waals surface area (Å²) in [5, 5.41) is 0. The third-order valence-electron chi connectivity index (χ3n) is 2.77. The molecule has 1 rings (SSSR count). The van der Waals surface area contributed by atoms with Crippen molar-refractivity contribution >= 4 is 5.78 Å². The van der Waals surface area contributed by atoms with Crippen LogP contribution in [0.5, 0.6) is 17.2 Å². The van der Waals surface area contributed by atoms with Crippen LogP contribution in [0.4, 0.5) is 0 Å². The van der Waals surface area contributed by atoms with Gasteiger partial charge >= 0.3 is 0 Å². The van der Waals surface area contributed by atoms with Crippen molar-refractivity contribution in [1.82, 2.24) is 0 Å². The van der Waals surface area contributed by atoms with Crippen LogP contribution < -0.4 is 19.9 Å². The maximum Gasteiger partial charge on any atom is 0.170 e. The second kappa shape index (κ2) is 6.26. The molecular formula is C13H19NO4. The molecule has 0 saturated carbocycles. The van der Waals surface area contributed by atoms with Gasteiger partial charge in [0.2, 0.25) is 0 Å². The van der Waals surface area contributed by atoms with E-state index in [4.69, 9.17) is 19.9 Å². The molecule has 2 N–H and O–H groups in total. The highest BCUT2D eigenvalue weighted by molar-refractivity contribution is 6.01. The SMILES string of the molecule is COc1cc(OC)c(C(=O)C(C)CN)cc1OC. The Hall–Kier alpha value is -1.75. The molecule has 0 aliphatic heterocycles. The van der Waals surface area contributed by atoms with E-state index in [9.17, 15) is 4.79 Å². The number of ether oxygens (including phenoxy) is 3. The Morgan fingerprint density at radius 1 is 1.11 bits per heavy atom. The third-order valence-corrected chi connectivity index (χ3v) is 2.77. The van der Waals surface area contributed by atoms with E-state index in [0.29, 0.717) is 22.8 Å². The number of carbonyl (C=O) groups is 1. The van der Waals surface area contributed by atoms with Gasteiger partial charge in [-0.1, -0.05) is 6.92 Å². The summed E-state index contributed by atoms with van der Waals surface area (Å²) in [6.07, 6.45) is 0. The van der Waals surface area contributed by atoms with Crippen molar-refractivity contribution in [1.29, 1.82) is 0 Å². The first-order valence-corrected chi connectivity index (χ1v) is 5.63. The van der Waals surface area contributed by atoms with Crippen LogP contribution >= 0.6 is 0 Å². The monoisotopic (exact) mass is 253 g/mol. The summed E-state index contributed by atoms with van der Waals surface area (Å²) >= 11 is 0. The minimum atomic E-state index is -0.267. The fraction of sp³-hybridized carbons (Fsp3) is 0.462. The lowest BCUT2D eigenvalue weighted by molar-refractivity contribution is 0.0930. The zero-order valence-electron chi connectivity index (χ0n) is 11.1. The van der Waals surface area contributed by atoms with Crippen LogP contribution in [-0.4, -0.2) is 33.7 Å². The lowest BCUT2D eigenvalue weighted by Crippen LogP contribution is -2.21. The van der Waals surface area contributed by atoms with Gasteiger partial charge < -0.3 is 19.9 Å². The lowest BCUT2D eigenvalue weighted by Gasteiger charge is -2.15. The first-order chi connectivity index (χ1) is 8.58. The van der Waals surface area contributed by atoms with Gasteiger partial charge in [0.1, 0.15) is 5.75 Å². The highest BCUT2D eigenvalue weighted by atomic mass is 16.5. The second-order valence-corrected chi connectivity index (χ2v) is 3.91. The number of methoxy groups -OCH3 is 3. The van der Waals surface area contributed by atoms with Crippen molar-refractivity contribution in [3.8, 4) is 17.2 Å². The predicted molar refractivity (Wildman–Crippen MR) is 68.6 cm³/mol. The Bertz CT molecular complexity index is 431. The molecule has 0 spiro atoms. The number of Topliss-reactive ketones (excluding diaryl/α,β-unsaturated/α-hetero) is 1. The highest BCUT2D eigenvalue weighted by Crippen LogP contribution is 2.35. The minimum absolute atomic E-state index is 0.0738. The third kappa shape index (κ3) is 2.73. The van der Waals surface area contributed by atoms with E-state index in [1.165, 1.54) is 21.3 Å². The van der Waals surface area contributed by atoms with Crippen LogP contribution in [0.2, 0.25) is 0 Å². The fourth-order valence-corrected chi connectivity index (χ4v) is 1.59. The predicted octanol–water partition coefficient (Wildman–Crippen LogP) is 1.49. The molecule has 1 aromatic carbocycles. The molecule has 0 radical (unpaired) electrons. The van der Waals surface area contributed by atoms with Gasteiger partial charge in [-0.2, -0.15) is 0 Å². The van der Waals surface area contributed by atoms with Crippen molar-refractivity contribution < 1.29 is 19.0 Å². The number of nitrogens with two attached hydrogens (primary N) is 1. The van der Waals surface area contributed by atoms with Gasteiger partial charge in [-0.3, -0.25) is 4.79 Å². The molecule has 5 heteroatoms. The summed E-state index contributed by atoms with van der Waals surface area (Å²) in [5.41, 5.74) is 5.96. The molecule has 1 unspecified atom stereocenters. The zero-order valence-corrected chi connectivity index (χ0v) is 11.1. The highest BCUT2D eigenvalue weighted by Gasteiger charge is 2.21. The minimum Gasteiger partial charge on any atom is -0.496 e. The van der Waals surface area contributed by atoms with E-state index in [-0.39, 0.29) is 18.2 Å². The maximum absolute atomic E-state index is 12.2. The Morgan fingerprint density at radius 3 is 2.06 bits per heavy atom. The van der Waals surface area contributed by atoms with Crippen LogP contribution in [0.15, 0.2) is 12.1 Å². The summed E-state index contributed by atoms with van der Waals surface area (Å²) in [6, 6.07) is 3.25. The van der Waals surface area contributed by atoms with E-state index in [0.717, 1.165) is 0 Å². The molecule has 0 saturated heterocycles. The van der Waals surface area contributed by atoms with E-state index in [1.807, 2.05) is 0 Å². The van der Waals surface area contributed by atoms with Gasteiger partial charge in [-0.25, -0.2) is 0 Å². The first-order valence-electron chi connectivity index (χ1n) is 5.63. The average molecular weight is 253 g/mol. The summed E-state index contributed by atoms with van der Waals surface area (Å²) in [7, 11) is 4.55. The lowest BCUT2D eigenvalue weighted by atomic mass is 9.98. The van der Waals surface area contributed by atoms with Crippen molar-refractivity contribution in [3.05, 3.63) is 17.7 Å². The summed E-state index contributed by atoms with van der Waals surface area (Å²) < 4.78 is 15.5. The van der Waals surface area contributed by atoms with Crippen LogP contribution in [0, 0.1) is 5.92 Å². The van der Waals surface area contributed by atoms with Crippen LogP contribution in [0.3, 0.4) is 0 Å². The molecule has 0 fully saturated rings. The van der Waals surface area contributed by atoms with Crippen molar-refractivity contribution in [2.75, 3.05) is 27.9 Å². The number of hydrogen-bond acceptors (Lipinski definition) is 5. The normalized spacial score (nSPS) is 11.8. The number of carbonyl (C=O) groups excluding carboxylic acids is 1. The second-order valence-electron chi connectivity index (χ2n) is 3.91. The molecule has 0 amide bonds. The number of rotatable bonds is 6. The van der Waals surface area contributed by atoms with E-state index >= 15 is 0 Å². The van der Waals surface area contributed by atoms with E-state index in [1.54, 1.807) is 19.1 Å². The van der Waals surface area contributed by atoms with E-state index < -0.39 is 0 Å². The quantitative estimate of drug-likeness (QED) is 0.778. The topological polar surface area (TPSA) is 70.8 Å². The van der Waals surface area contributed by atoms with Gasteiger partial charge in [0.05, 0.1) is 26.9 Å². The first kappa shape index (κ1) is 14.3. The largest absolute Gasteiger partial charge is 0.496 e. The molecule has 0 aromatic heterocycles. The molecule has 1 atom stereocenters. The van der Waals surface area contributed by atoms with Gasteiger partial charge in [-0.05, 0) is 6.07 Å².